The minimum Gasteiger partial charge on any atom is -0.437 e. The molecule has 0 saturated carbocycles. The van der Waals surface area contributed by atoms with Crippen molar-refractivity contribution in [3.63, 3.8) is 0 Å². The van der Waals surface area contributed by atoms with Gasteiger partial charge in [0.2, 0.25) is 5.88 Å². The fourth-order valence-electron chi connectivity index (χ4n) is 1.50. The van der Waals surface area contributed by atoms with E-state index in [9.17, 15) is 0 Å². The summed E-state index contributed by atoms with van der Waals surface area (Å²) >= 11 is 5.64. The third kappa shape index (κ3) is 2.94. The van der Waals surface area contributed by atoms with Gasteiger partial charge in [-0.3, -0.25) is 0 Å². The maximum absolute atomic E-state index is 5.65. The molecular formula is C13H13ClN2O. The van der Waals surface area contributed by atoms with Gasteiger partial charge in [0.1, 0.15) is 5.75 Å². The first-order valence-electron chi connectivity index (χ1n) is 5.32. The summed E-state index contributed by atoms with van der Waals surface area (Å²) in [7, 11) is 0. The molecule has 1 aromatic carbocycles. The molecule has 0 aliphatic carbocycles. The van der Waals surface area contributed by atoms with Crippen LogP contribution < -0.4 is 4.74 Å². The Bertz CT molecular complexity index is 511. The average molecular weight is 249 g/mol. The molecular weight excluding hydrogens is 236 g/mol. The average Bonchev–Trinajstić information content (AvgIpc) is 2.34. The summed E-state index contributed by atoms with van der Waals surface area (Å²) in [4.78, 5) is 0. The van der Waals surface area contributed by atoms with Crippen LogP contribution in [0.4, 0.5) is 0 Å². The number of rotatable bonds is 3. The Balaban J connectivity index is 2.19. The van der Waals surface area contributed by atoms with E-state index in [0.717, 1.165) is 17.0 Å². The van der Waals surface area contributed by atoms with E-state index in [-0.39, 0.29) is 0 Å². The van der Waals surface area contributed by atoms with Gasteiger partial charge in [-0.25, -0.2) is 0 Å². The van der Waals surface area contributed by atoms with Gasteiger partial charge in [-0.2, -0.15) is 5.10 Å². The van der Waals surface area contributed by atoms with Crippen LogP contribution in [-0.4, -0.2) is 10.2 Å². The van der Waals surface area contributed by atoms with Gasteiger partial charge >= 0.3 is 0 Å². The van der Waals surface area contributed by atoms with E-state index in [4.69, 9.17) is 16.3 Å². The molecule has 0 N–H and O–H groups in total. The number of alkyl halides is 1. The Hall–Kier alpha value is -1.61. The monoisotopic (exact) mass is 248 g/mol. The number of benzene rings is 1. The van der Waals surface area contributed by atoms with Crippen molar-refractivity contribution < 1.29 is 4.74 Å². The van der Waals surface area contributed by atoms with Gasteiger partial charge < -0.3 is 4.74 Å². The van der Waals surface area contributed by atoms with Crippen molar-refractivity contribution in [2.24, 2.45) is 0 Å². The maximum atomic E-state index is 5.65. The maximum Gasteiger partial charge on any atom is 0.238 e. The lowest BCUT2D eigenvalue weighted by Gasteiger charge is -2.07. The number of hydrogen-bond donors (Lipinski definition) is 0. The SMILES string of the molecule is Cc1ccc(Oc2ccc(CCl)nn2)c(C)c1. The topological polar surface area (TPSA) is 35.0 Å². The van der Waals surface area contributed by atoms with Crippen molar-refractivity contribution in [1.82, 2.24) is 10.2 Å². The Morgan fingerprint density at radius 1 is 1.12 bits per heavy atom. The van der Waals surface area contributed by atoms with E-state index in [1.165, 1.54) is 5.56 Å². The minimum atomic E-state index is 0.358. The van der Waals surface area contributed by atoms with Crippen LogP contribution in [0.25, 0.3) is 0 Å². The van der Waals surface area contributed by atoms with Crippen LogP contribution in [0.3, 0.4) is 0 Å². The highest BCUT2D eigenvalue weighted by Gasteiger charge is 2.03. The zero-order chi connectivity index (χ0) is 12.3. The highest BCUT2D eigenvalue weighted by atomic mass is 35.5. The molecule has 0 fully saturated rings. The van der Waals surface area contributed by atoms with Crippen LogP contribution in [0.1, 0.15) is 16.8 Å². The number of nitrogens with zero attached hydrogens (tertiary/aromatic N) is 2. The normalized spacial score (nSPS) is 10.3. The molecule has 0 saturated heterocycles. The van der Waals surface area contributed by atoms with Gasteiger partial charge in [0.05, 0.1) is 11.6 Å². The lowest BCUT2D eigenvalue weighted by molar-refractivity contribution is 0.451. The van der Waals surface area contributed by atoms with E-state index < -0.39 is 0 Å². The van der Waals surface area contributed by atoms with Crippen molar-refractivity contribution in [3.05, 3.63) is 47.2 Å². The smallest absolute Gasteiger partial charge is 0.238 e. The molecule has 0 aliphatic heterocycles. The zero-order valence-electron chi connectivity index (χ0n) is 9.77. The summed E-state index contributed by atoms with van der Waals surface area (Å²) in [6.07, 6.45) is 0. The molecule has 0 radical (unpaired) electrons. The second-order valence-electron chi connectivity index (χ2n) is 3.87. The number of hydrogen-bond acceptors (Lipinski definition) is 3. The Morgan fingerprint density at radius 3 is 2.53 bits per heavy atom. The van der Waals surface area contributed by atoms with Crippen molar-refractivity contribution in [2.75, 3.05) is 0 Å². The summed E-state index contributed by atoms with van der Waals surface area (Å²) in [6, 6.07) is 9.57. The van der Waals surface area contributed by atoms with E-state index >= 15 is 0 Å². The number of halogens is 1. The molecule has 0 atom stereocenters. The molecule has 17 heavy (non-hydrogen) atoms. The lowest BCUT2D eigenvalue weighted by Crippen LogP contribution is -1.94. The van der Waals surface area contributed by atoms with E-state index in [0.29, 0.717) is 11.8 Å². The molecule has 0 unspecified atom stereocenters. The highest BCUT2D eigenvalue weighted by Crippen LogP contribution is 2.23. The van der Waals surface area contributed by atoms with E-state index in [2.05, 4.69) is 16.3 Å². The van der Waals surface area contributed by atoms with E-state index in [1.54, 1.807) is 12.1 Å². The van der Waals surface area contributed by atoms with Crippen molar-refractivity contribution >= 4 is 11.6 Å². The quantitative estimate of drug-likeness (QED) is 0.778. The zero-order valence-corrected chi connectivity index (χ0v) is 10.5. The van der Waals surface area contributed by atoms with Gasteiger partial charge in [-0.1, -0.05) is 17.7 Å². The van der Waals surface area contributed by atoms with Crippen LogP contribution in [0, 0.1) is 13.8 Å². The highest BCUT2D eigenvalue weighted by molar-refractivity contribution is 6.16. The van der Waals surface area contributed by atoms with Crippen LogP contribution in [0.15, 0.2) is 30.3 Å². The van der Waals surface area contributed by atoms with Crippen LogP contribution in [0.5, 0.6) is 11.6 Å². The molecule has 1 heterocycles. The molecule has 2 rings (SSSR count). The van der Waals surface area contributed by atoms with Crippen molar-refractivity contribution in [2.45, 2.75) is 19.7 Å². The summed E-state index contributed by atoms with van der Waals surface area (Å²) in [5.41, 5.74) is 3.02. The summed E-state index contributed by atoms with van der Waals surface area (Å²) < 4.78 is 5.65. The molecule has 0 amide bonds. The van der Waals surface area contributed by atoms with Gasteiger partial charge in [0, 0.05) is 6.07 Å². The van der Waals surface area contributed by atoms with Crippen LogP contribution >= 0.6 is 11.6 Å². The summed E-state index contributed by atoms with van der Waals surface area (Å²) in [5, 5.41) is 7.89. The number of ether oxygens (including phenoxy) is 1. The first kappa shape index (κ1) is 11.9. The number of aryl methyl sites for hydroxylation is 2. The Morgan fingerprint density at radius 2 is 1.94 bits per heavy atom. The molecule has 4 heteroatoms. The van der Waals surface area contributed by atoms with Crippen molar-refractivity contribution in [3.8, 4) is 11.6 Å². The number of aromatic nitrogens is 2. The minimum absolute atomic E-state index is 0.358. The standard InChI is InChI=1S/C13H13ClN2O/c1-9-3-5-12(10(2)7-9)17-13-6-4-11(8-14)15-16-13/h3-7H,8H2,1-2H3. The summed E-state index contributed by atoms with van der Waals surface area (Å²) in [6.45, 7) is 4.05. The van der Waals surface area contributed by atoms with E-state index in [1.807, 2.05) is 26.0 Å². The van der Waals surface area contributed by atoms with Crippen molar-refractivity contribution in [1.29, 1.82) is 0 Å². The third-order valence-corrected chi connectivity index (χ3v) is 2.65. The summed E-state index contributed by atoms with van der Waals surface area (Å²) in [5.74, 6) is 1.63. The third-order valence-electron chi connectivity index (χ3n) is 2.38. The van der Waals surface area contributed by atoms with Crippen LogP contribution in [-0.2, 0) is 5.88 Å². The second-order valence-corrected chi connectivity index (χ2v) is 4.13. The first-order chi connectivity index (χ1) is 8.19. The van der Waals surface area contributed by atoms with Gasteiger partial charge in [0.25, 0.3) is 0 Å². The fraction of sp³-hybridized carbons (Fsp3) is 0.231. The molecule has 3 nitrogen and oxygen atoms in total. The molecule has 0 bridgehead atoms. The van der Waals surface area contributed by atoms with Crippen LogP contribution in [0.2, 0.25) is 0 Å². The second kappa shape index (κ2) is 5.15. The molecule has 0 spiro atoms. The predicted octanol–water partition coefficient (Wildman–Crippen LogP) is 3.62. The van der Waals surface area contributed by atoms with Gasteiger partial charge in [0.15, 0.2) is 0 Å². The lowest BCUT2D eigenvalue weighted by atomic mass is 10.1. The predicted molar refractivity (Wildman–Crippen MR) is 67.6 cm³/mol. The Kier molecular flexibility index (Phi) is 3.59. The fourth-order valence-corrected chi connectivity index (χ4v) is 1.64. The molecule has 2 aromatic rings. The van der Waals surface area contributed by atoms with Gasteiger partial charge in [-0.05, 0) is 31.5 Å². The molecule has 0 aliphatic rings. The van der Waals surface area contributed by atoms with Gasteiger partial charge in [-0.15, -0.1) is 16.7 Å². The Labute approximate surface area is 105 Å². The first-order valence-corrected chi connectivity index (χ1v) is 5.86. The molecule has 88 valence electrons. The molecule has 1 aromatic heterocycles. The largest absolute Gasteiger partial charge is 0.437 e.